The van der Waals surface area contributed by atoms with Crippen molar-refractivity contribution >= 4 is 15.7 Å². The van der Waals surface area contributed by atoms with E-state index in [4.69, 9.17) is 7.91 Å². The Hall–Kier alpha value is 0.0729. The third-order valence-corrected chi connectivity index (χ3v) is 0. The van der Waals surface area contributed by atoms with Gasteiger partial charge in [0.2, 0.25) is 0 Å². The van der Waals surface area contributed by atoms with Gasteiger partial charge in [-0.05, 0) is 0 Å². The summed E-state index contributed by atoms with van der Waals surface area (Å²) in [4.78, 5) is 0. The van der Waals surface area contributed by atoms with Gasteiger partial charge in [0.25, 0.3) is 0 Å². The van der Waals surface area contributed by atoms with E-state index in [1.54, 1.807) is 0 Å². The van der Waals surface area contributed by atoms with Crippen LogP contribution in [0.2, 0.25) is 0 Å². The van der Waals surface area contributed by atoms with Gasteiger partial charge >= 0.3 is 23.6 Å². The molecule has 0 aromatic rings. The maximum absolute atomic E-state index is 8.64. The molecule has 0 aromatic heterocycles. The molecule has 0 atom stereocenters. The maximum atomic E-state index is 8.64. The minimum absolute atomic E-state index is 0. The van der Waals surface area contributed by atoms with Crippen LogP contribution in [0.15, 0.2) is 0 Å². The van der Waals surface area contributed by atoms with Crippen LogP contribution in [0, 0.1) is 0 Å². The molecular weight excluding hydrogens is 124 g/mol. The molecule has 0 bridgehead atoms. The third-order valence-electron chi connectivity index (χ3n) is 0. The second kappa shape index (κ2) is 11.5. The normalized spacial score (nSPS) is 3.00. The van der Waals surface area contributed by atoms with Crippen LogP contribution in [0.1, 0.15) is 0 Å². The zero-order chi connectivity index (χ0) is 2.71. The van der Waals surface area contributed by atoms with Gasteiger partial charge in [0.1, 0.15) is 0 Å². The van der Waals surface area contributed by atoms with Crippen LogP contribution < -0.4 is 0 Å². The first-order chi connectivity index (χ1) is 1.41. The molecule has 0 heterocycles. The Bertz CT molecular complexity index is 13.5. The molecule has 0 amide bonds. The zero-order valence-electron chi connectivity index (χ0n) is 1.84. The summed E-state index contributed by atoms with van der Waals surface area (Å²) in [5.41, 5.74) is 0. The Labute approximate surface area is 29.2 Å². The molecule has 0 unspecified atom stereocenters. The van der Waals surface area contributed by atoms with Crippen LogP contribution in [-0.2, 0) is 3.78 Å². The van der Waals surface area contributed by atoms with E-state index >= 15 is 0 Å². The van der Waals surface area contributed by atoms with Gasteiger partial charge in [-0.1, -0.05) is 0 Å². The summed E-state index contributed by atoms with van der Waals surface area (Å²) in [6.45, 7) is 0. The van der Waals surface area contributed by atoms with Crippen molar-refractivity contribution in [3.63, 3.8) is 0 Å². The van der Waals surface area contributed by atoms with Crippen molar-refractivity contribution in [2.75, 3.05) is 0 Å². The Kier molecular flexibility index (Phi) is 25.7. The quantitative estimate of drug-likeness (QED) is 0.416. The van der Waals surface area contributed by atoms with Gasteiger partial charge in [0.05, 0.1) is 0 Å². The van der Waals surface area contributed by atoms with Crippen LogP contribution in [-0.4, -0.2) is 19.8 Å². The number of hydrogen-bond donors (Lipinski definition) is 1. The van der Waals surface area contributed by atoms with Gasteiger partial charge in [-0.2, -0.15) is 0 Å². The molecule has 2 nitrogen and oxygen atoms in total. The summed E-state index contributed by atoms with van der Waals surface area (Å²) in [5, 5.41) is 0. The molecule has 0 saturated carbocycles. The first kappa shape index (κ1) is 8.95. The Morgan fingerprint density at radius 1 is 1.75 bits per heavy atom. The topological polar surface area (TPSA) is 37.3 Å². The first-order valence-corrected chi connectivity index (χ1v) is 2.57. The van der Waals surface area contributed by atoms with Crippen molar-refractivity contribution in [2.24, 2.45) is 0 Å². The van der Waals surface area contributed by atoms with Crippen LogP contribution in [0.3, 0.4) is 0 Å². The first-order valence-electron chi connectivity index (χ1n) is 0.494. The average molecular weight is 127 g/mol. The van der Waals surface area contributed by atoms with Crippen molar-refractivity contribution in [3.8, 4) is 0 Å². The Balaban J connectivity index is 0. The molecule has 26 valence electrons. The molecule has 0 aliphatic heterocycles. The van der Waals surface area contributed by atoms with E-state index in [1.165, 1.54) is 0 Å². The molecule has 0 rings (SSSR count). The van der Waals surface area contributed by atoms with Gasteiger partial charge in [-0.25, -0.2) is 0 Å². The second-order valence-electron chi connectivity index (χ2n) is 0.105. The molecule has 4 heavy (non-hydrogen) atoms. The summed E-state index contributed by atoms with van der Waals surface area (Å²) in [6.07, 6.45) is 0. The number of halogens is 1. The molecule has 1 N–H and O–H groups in total. The van der Waals surface area contributed by atoms with Gasteiger partial charge in [0.15, 0.2) is 0 Å². The Morgan fingerprint density at radius 3 is 1.75 bits per heavy atom. The van der Waals surface area contributed by atoms with Crippen molar-refractivity contribution in [1.82, 2.24) is 0 Å². The minimum atomic E-state index is -1.94. The van der Waals surface area contributed by atoms with E-state index in [-0.39, 0.29) is 4.70 Å². The molecule has 0 aromatic carbocycles. The molecule has 4 heteroatoms. The summed E-state index contributed by atoms with van der Waals surface area (Å²) in [5.74, 6) is 0. The summed E-state index contributed by atoms with van der Waals surface area (Å²) in [6, 6.07) is 0. The number of rotatable bonds is 0. The van der Waals surface area contributed by atoms with Crippen LogP contribution >= 0.6 is 0 Å². The van der Waals surface area contributed by atoms with E-state index in [0.717, 1.165) is 0 Å². The molecule has 0 radical (unpaired) electrons. The molecule has 0 saturated heterocycles. The van der Waals surface area contributed by atoms with E-state index in [1.807, 2.05) is 0 Å². The van der Waals surface area contributed by atoms with Crippen molar-refractivity contribution < 1.29 is 12.6 Å². The third kappa shape index (κ3) is 449. The van der Waals surface area contributed by atoms with Gasteiger partial charge in [-0.15, -0.1) is 0 Å². The predicted octanol–water partition coefficient (Wildman–Crippen LogP) is -1.17. The molecule has 0 fully saturated rings. The monoisotopic (exact) mass is 128 g/mol. The van der Waals surface area contributed by atoms with E-state index in [0.29, 0.717) is 0 Å². The van der Waals surface area contributed by atoms with Crippen LogP contribution in [0.25, 0.3) is 0 Å². The molecule has 0 spiro atoms. The molecule has 0 aliphatic rings. The van der Waals surface area contributed by atoms with Crippen molar-refractivity contribution in [2.45, 2.75) is 0 Å². The average Bonchev–Trinajstić information content (AvgIpc) is 0.918. The summed E-state index contributed by atoms with van der Waals surface area (Å²) in [7, 11) is 0. The number of hydrogen-bond acceptors (Lipinski definition) is 1. The summed E-state index contributed by atoms with van der Waals surface area (Å²) < 4.78 is 15.8. The molecular formula is H3FGeO2. The molecule has 0 aliphatic carbocycles. The van der Waals surface area contributed by atoms with Gasteiger partial charge < -0.3 is 0 Å². The van der Waals surface area contributed by atoms with Gasteiger partial charge in [-0.3, -0.25) is 4.70 Å². The fourth-order valence-corrected chi connectivity index (χ4v) is 0. The fraction of sp³-hybridized carbons (Fsp3) is 0. The fourth-order valence-electron chi connectivity index (χ4n) is 0. The van der Waals surface area contributed by atoms with Crippen molar-refractivity contribution in [3.05, 3.63) is 0 Å². The standard InChI is InChI=1S/FH.GeH2O2/c;2-1-3/h1H;1-2H. The van der Waals surface area contributed by atoms with Crippen molar-refractivity contribution in [1.29, 1.82) is 0 Å². The SMILES string of the molecule is F.[O]=[GeH][OH]. The predicted molar refractivity (Wildman–Crippen MR) is 12.6 cm³/mol. The second-order valence-corrected chi connectivity index (χ2v) is 0.548. The Morgan fingerprint density at radius 2 is 1.75 bits per heavy atom. The summed E-state index contributed by atoms with van der Waals surface area (Å²) >= 11 is -1.94. The zero-order valence-corrected chi connectivity index (χ0v) is 4.26. The van der Waals surface area contributed by atoms with Crippen LogP contribution in [0.5, 0.6) is 0 Å². The van der Waals surface area contributed by atoms with E-state index < -0.39 is 15.7 Å². The van der Waals surface area contributed by atoms with E-state index in [9.17, 15) is 0 Å². The van der Waals surface area contributed by atoms with Gasteiger partial charge in [0, 0.05) is 0 Å². The van der Waals surface area contributed by atoms with E-state index in [2.05, 4.69) is 0 Å². The van der Waals surface area contributed by atoms with Crippen LogP contribution in [0.4, 0.5) is 4.70 Å².